The Hall–Kier alpha value is -0.690. The van der Waals surface area contributed by atoms with Gasteiger partial charge in [-0.25, -0.2) is 4.98 Å². The Labute approximate surface area is 123 Å². The number of thiazole rings is 1. The number of aromatic nitrogens is 1. The van der Waals surface area contributed by atoms with Crippen LogP contribution < -0.4 is 11.1 Å². The zero-order valence-electron chi connectivity index (χ0n) is 10.8. The molecule has 1 unspecified atom stereocenters. The number of rotatable bonds is 5. The minimum Gasteiger partial charge on any atom is -0.381 e. The molecular weight excluding hydrogens is 286 g/mol. The van der Waals surface area contributed by atoms with Gasteiger partial charge in [0.2, 0.25) is 0 Å². The molecule has 0 spiro atoms. The third-order valence-electron chi connectivity index (χ3n) is 2.95. The minimum absolute atomic E-state index is 0. The summed E-state index contributed by atoms with van der Waals surface area (Å²) in [6.07, 6.45) is 2.93. The number of hydrogen-bond donors (Lipinski definition) is 2. The number of nitrogens with one attached hydrogen (secondary N) is 1. The van der Waals surface area contributed by atoms with Gasteiger partial charge >= 0.3 is 0 Å². The van der Waals surface area contributed by atoms with Crippen LogP contribution in [0, 0.1) is 5.92 Å². The van der Waals surface area contributed by atoms with Gasteiger partial charge in [-0.05, 0) is 25.3 Å². The van der Waals surface area contributed by atoms with Gasteiger partial charge in [-0.15, -0.1) is 23.7 Å². The van der Waals surface area contributed by atoms with Crippen LogP contribution in [0.4, 0.5) is 0 Å². The maximum atomic E-state index is 11.9. The second kappa shape index (κ2) is 8.47. The van der Waals surface area contributed by atoms with E-state index in [-0.39, 0.29) is 18.3 Å². The highest BCUT2D eigenvalue weighted by atomic mass is 35.5. The largest absolute Gasteiger partial charge is 0.381 e. The summed E-state index contributed by atoms with van der Waals surface area (Å²) >= 11 is 1.49. The lowest BCUT2D eigenvalue weighted by Crippen LogP contribution is -2.33. The van der Waals surface area contributed by atoms with Gasteiger partial charge in [0.25, 0.3) is 5.91 Å². The highest BCUT2D eigenvalue weighted by molar-refractivity contribution is 7.09. The molecule has 0 bridgehead atoms. The maximum absolute atomic E-state index is 11.9. The lowest BCUT2D eigenvalue weighted by atomic mass is 10.0. The van der Waals surface area contributed by atoms with E-state index in [4.69, 9.17) is 10.5 Å². The normalized spacial score (nSPS) is 18.7. The molecule has 1 aliphatic rings. The SMILES string of the molecule is Cl.NCCc1nc(C(=O)NCC2CCCOC2)cs1. The summed E-state index contributed by atoms with van der Waals surface area (Å²) in [7, 11) is 0. The molecule has 2 rings (SSSR count). The Kier molecular flexibility index (Phi) is 7.30. The topological polar surface area (TPSA) is 77.2 Å². The molecule has 19 heavy (non-hydrogen) atoms. The molecule has 3 N–H and O–H groups in total. The average Bonchev–Trinajstić information content (AvgIpc) is 2.86. The third kappa shape index (κ3) is 5.06. The second-order valence-electron chi connectivity index (χ2n) is 4.46. The van der Waals surface area contributed by atoms with E-state index in [1.165, 1.54) is 11.3 Å². The average molecular weight is 306 g/mol. The van der Waals surface area contributed by atoms with Crippen molar-refractivity contribution in [3.05, 3.63) is 16.1 Å². The fourth-order valence-electron chi connectivity index (χ4n) is 1.95. The van der Waals surface area contributed by atoms with Crippen LogP contribution in [0.5, 0.6) is 0 Å². The van der Waals surface area contributed by atoms with Crippen LogP contribution in [-0.4, -0.2) is 37.2 Å². The highest BCUT2D eigenvalue weighted by Crippen LogP contribution is 2.13. The van der Waals surface area contributed by atoms with E-state index >= 15 is 0 Å². The van der Waals surface area contributed by atoms with Crippen LogP contribution in [0.1, 0.15) is 28.3 Å². The summed E-state index contributed by atoms with van der Waals surface area (Å²) in [6.45, 7) is 2.82. The van der Waals surface area contributed by atoms with E-state index < -0.39 is 0 Å². The number of ether oxygens (including phenoxy) is 1. The first-order valence-electron chi connectivity index (χ1n) is 6.30. The van der Waals surface area contributed by atoms with E-state index in [2.05, 4.69) is 10.3 Å². The monoisotopic (exact) mass is 305 g/mol. The van der Waals surface area contributed by atoms with Crippen LogP contribution in [0.2, 0.25) is 0 Å². The quantitative estimate of drug-likeness (QED) is 0.857. The van der Waals surface area contributed by atoms with Gasteiger partial charge in [0.15, 0.2) is 0 Å². The first-order chi connectivity index (χ1) is 8.79. The molecule has 0 saturated carbocycles. The number of nitrogens with two attached hydrogens (primary N) is 1. The van der Waals surface area contributed by atoms with Crippen molar-refractivity contribution in [1.29, 1.82) is 0 Å². The molecule has 1 fully saturated rings. The molecule has 0 radical (unpaired) electrons. The Bertz CT molecular complexity index is 394. The van der Waals surface area contributed by atoms with E-state index in [0.29, 0.717) is 24.7 Å². The zero-order valence-corrected chi connectivity index (χ0v) is 12.4. The van der Waals surface area contributed by atoms with Crippen molar-refractivity contribution in [3.63, 3.8) is 0 Å². The summed E-state index contributed by atoms with van der Waals surface area (Å²) in [5, 5.41) is 5.63. The number of hydrogen-bond acceptors (Lipinski definition) is 5. The van der Waals surface area contributed by atoms with Crippen molar-refractivity contribution < 1.29 is 9.53 Å². The summed E-state index contributed by atoms with van der Waals surface area (Å²) < 4.78 is 5.38. The van der Waals surface area contributed by atoms with Gasteiger partial charge in [-0.2, -0.15) is 0 Å². The third-order valence-corrected chi connectivity index (χ3v) is 3.86. The van der Waals surface area contributed by atoms with E-state index in [0.717, 1.165) is 37.5 Å². The van der Waals surface area contributed by atoms with Crippen LogP contribution in [-0.2, 0) is 11.2 Å². The van der Waals surface area contributed by atoms with E-state index in [1.54, 1.807) is 5.38 Å². The minimum atomic E-state index is -0.0971. The van der Waals surface area contributed by atoms with Gasteiger partial charge in [-0.1, -0.05) is 0 Å². The first kappa shape index (κ1) is 16.4. The summed E-state index contributed by atoms with van der Waals surface area (Å²) in [4.78, 5) is 16.1. The predicted molar refractivity (Wildman–Crippen MR) is 78.0 cm³/mol. The van der Waals surface area contributed by atoms with Crippen LogP contribution >= 0.6 is 23.7 Å². The highest BCUT2D eigenvalue weighted by Gasteiger charge is 2.16. The molecule has 1 saturated heterocycles. The van der Waals surface area contributed by atoms with Crippen LogP contribution in [0.25, 0.3) is 0 Å². The fourth-order valence-corrected chi connectivity index (χ4v) is 2.74. The standard InChI is InChI=1S/C12H19N3O2S.ClH/c13-4-3-11-15-10(8-18-11)12(16)14-6-9-2-1-5-17-7-9;/h8-9H,1-7,13H2,(H,14,16);1H. The first-order valence-corrected chi connectivity index (χ1v) is 7.18. The molecule has 1 aromatic heterocycles. The molecule has 1 aliphatic heterocycles. The van der Waals surface area contributed by atoms with Gasteiger partial charge in [-0.3, -0.25) is 4.79 Å². The lowest BCUT2D eigenvalue weighted by Gasteiger charge is -2.21. The smallest absolute Gasteiger partial charge is 0.270 e. The lowest BCUT2D eigenvalue weighted by molar-refractivity contribution is 0.0536. The molecule has 1 amide bonds. The molecule has 2 heterocycles. The Morgan fingerprint density at radius 3 is 3.16 bits per heavy atom. The predicted octanol–water partition coefficient (Wildman–Crippen LogP) is 1.22. The Balaban J connectivity index is 0.00000180. The van der Waals surface area contributed by atoms with E-state index in [1.807, 2.05) is 0 Å². The second-order valence-corrected chi connectivity index (χ2v) is 5.40. The van der Waals surface area contributed by atoms with Crippen molar-refractivity contribution in [3.8, 4) is 0 Å². The molecule has 7 heteroatoms. The molecule has 0 aliphatic carbocycles. The van der Waals surface area contributed by atoms with Crippen molar-refractivity contribution in [1.82, 2.24) is 10.3 Å². The molecular formula is C12H20ClN3O2S. The number of halogens is 1. The van der Waals surface area contributed by atoms with E-state index in [9.17, 15) is 4.79 Å². The van der Waals surface area contributed by atoms with Gasteiger partial charge in [0.1, 0.15) is 5.69 Å². The Morgan fingerprint density at radius 2 is 2.47 bits per heavy atom. The van der Waals surface area contributed by atoms with Crippen LogP contribution in [0.3, 0.4) is 0 Å². The number of nitrogens with zero attached hydrogens (tertiary/aromatic N) is 1. The molecule has 0 aromatic carbocycles. The van der Waals surface area contributed by atoms with Gasteiger partial charge < -0.3 is 15.8 Å². The number of carbonyl (C=O) groups excluding carboxylic acids is 1. The molecule has 1 atom stereocenters. The number of amides is 1. The fraction of sp³-hybridized carbons (Fsp3) is 0.667. The summed E-state index contributed by atoms with van der Waals surface area (Å²) in [5.74, 6) is 0.338. The van der Waals surface area contributed by atoms with Crippen molar-refractivity contribution in [2.45, 2.75) is 19.3 Å². The zero-order chi connectivity index (χ0) is 12.8. The Morgan fingerprint density at radius 1 is 1.63 bits per heavy atom. The molecule has 1 aromatic rings. The van der Waals surface area contributed by atoms with Crippen molar-refractivity contribution >= 4 is 29.7 Å². The van der Waals surface area contributed by atoms with Crippen LogP contribution in [0.15, 0.2) is 5.38 Å². The summed E-state index contributed by atoms with van der Waals surface area (Å²) in [6, 6.07) is 0. The van der Waals surface area contributed by atoms with Gasteiger partial charge in [0.05, 0.1) is 11.6 Å². The van der Waals surface area contributed by atoms with Crippen molar-refractivity contribution in [2.75, 3.05) is 26.3 Å². The van der Waals surface area contributed by atoms with Gasteiger partial charge in [0, 0.05) is 25.0 Å². The number of carbonyl (C=O) groups is 1. The molecule has 5 nitrogen and oxygen atoms in total. The summed E-state index contributed by atoms with van der Waals surface area (Å²) in [5.41, 5.74) is 5.95. The van der Waals surface area contributed by atoms with Crippen molar-refractivity contribution in [2.24, 2.45) is 11.7 Å². The maximum Gasteiger partial charge on any atom is 0.270 e. The molecule has 108 valence electrons.